The molecule has 0 saturated heterocycles. The first-order valence-corrected chi connectivity index (χ1v) is 9.13. The van der Waals surface area contributed by atoms with E-state index in [2.05, 4.69) is 13.0 Å². The quantitative estimate of drug-likeness (QED) is 0.430. The molecule has 1 nitrogen and oxygen atoms in total. The molecule has 0 amide bonds. The van der Waals surface area contributed by atoms with Gasteiger partial charge in [0, 0.05) is 11.1 Å². The van der Waals surface area contributed by atoms with Crippen molar-refractivity contribution in [2.45, 2.75) is 83.6 Å². The summed E-state index contributed by atoms with van der Waals surface area (Å²) < 4.78 is 0. The van der Waals surface area contributed by atoms with Gasteiger partial charge in [-0.3, -0.25) is 0 Å². The van der Waals surface area contributed by atoms with Crippen LogP contribution >= 0.6 is 11.6 Å². The molecule has 1 aromatic rings. The Labute approximate surface area is 136 Å². The van der Waals surface area contributed by atoms with Gasteiger partial charge in [0.1, 0.15) is 0 Å². The molecule has 0 aliphatic heterocycles. The van der Waals surface area contributed by atoms with Gasteiger partial charge in [-0.05, 0) is 24.1 Å². The van der Waals surface area contributed by atoms with Gasteiger partial charge in [0.25, 0.3) is 0 Å². The number of nitrogens with two attached hydrogens (primary N) is 1. The Morgan fingerprint density at radius 3 is 2.05 bits per heavy atom. The number of benzene rings is 1. The van der Waals surface area contributed by atoms with Gasteiger partial charge >= 0.3 is 0 Å². The molecule has 0 bridgehead atoms. The maximum absolute atomic E-state index is 6.21. The largest absolute Gasteiger partial charge is 0.324 e. The summed E-state index contributed by atoms with van der Waals surface area (Å²) in [6.07, 6.45) is 14.8. The highest BCUT2D eigenvalue weighted by Crippen LogP contribution is 2.21. The zero-order valence-corrected chi connectivity index (χ0v) is 14.4. The first-order chi connectivity index (χ1) is 10.2. The molecule has 2 heteroatoms. The van der Waals surface area contributed by atoms with Crippen molar-refractivity contribution >= 4 is 11.6 Å². The lowest BCUT2D eigenvalue weighted by Crippen LogP contribution is -2.09. The molecule has 120 valence electrons. The Morgan fingerprint density at radius 2 is 1.48 bits per heavy atom. The van der Waals surface area contributed by atoms with Crippen LogP contribution in [-0.2, 0) is 0 Å². The second-order valence-corrected chi connectivity index (χ2v) is 6.57. The van der Waals surface area contributed by atoms with Crippen LogP contribution < -0.4 is 5.73 Å². The molecular formula is C19H32ClN. The zero-order valence-electron chi connectivity index (χ0n) is 13.6. The van der Waals surface area contributed by atoms with E-state index < -0.39 is 0 Å². The fourth-order valence-corrected chi connectivity index (χ4v) is 2.95. The Morgan fingerprint density at radius 1 is 0.905 bits per heavy atom. The summed E-state index contributed by atoms with van der Waals surface area (Å²) in [4.78, 5) is 0. The molecule has 1 rings (SSSR count). The van der Waals surface area contributed by atoms with E-state index >= 15 is 0 Å². The molecule has 0 aromatic heterocycles. The first kappa shape index (κ1) is 18.5. The first-order valence-electron chi connectivity index (χ1n) is 8.75. The normalized spacial score (nSPS) is 12.5. The van der Waals surface area contributed by atoms with E-state index in [1.807, 2.05) is 18.2 Å². The van der Waals surface area contributed by atoms with Crippen molar-refractivity contribution < 1.29 is 0 Å². The van der Waals surface area contributed by atoms with E-state index in [-0.39, 0.29) is 6.04 Å². The van der Waals surface area contributed by atoms with Crippen molar-refractivity contribution in [3.8, 4) is 0 Å². The van der Waals surface area contributed by atoms with Gasteiger partial charge in [-0.25, -0.2) is 0 Å². The lowest BCUT2D eigenvalue weighted by Gasteiger charge is -2.12. The average molecular weight is 310 g/mol. The molecule has 0 heterocycles. The van der Waals surface area contributed by atoms with Crippen LogP contribution in [0.2, 0.25) is 5.02 Å². The highest BCUT2D eigenvalue weighted by atomic mass is 35.5. The molecule has 21 heavy (non-hydrogen) atoms. The minimum atomic E-state index is 0.137. The van der Waals surface area contributed by atoms with E-state index in [0.29, 0.717) is 0 Å². The molecule has 0 aliphatic rings. The van der Waals surface area contributed by atoms with Gasteiger partial charge in [0.15, 0.2) is 0 Å². The number of rotatable bonds is 12. The molecular weight excluding hydrogens is 278 g/mol. The molecule has 0 aliphatic carbocycles. The monoisotopic (exact) mass is 309 g/mol. The summed E-state index contributed by atoms with van der Waals surface area (Å²) >= 11 is 6.00. The lowest BCUT2D eigenvalue weighted by atomic mass is 10.00. The third kappa shape index (κ3) is 9.16. The molecule has 2 N–H and O–H groups in total. The molecule has 0 fully saturated rings. The maximum Gasteiger partial charge on any atom is 0.0409 e. The van der Waals surface area contributed by atoms with Crippen LogP contribution in [0.1, 0.15) is 89.2 Å². The Balaban J connectivity index is 1.96. The van der Waals surface area contributed by atoms with Crippen molar-refractivity contribution in [1.82, 2.24) is 0 Å². The van der Waals surface area contributed by atoms with Crippen molar-refractivity contribution in [3.05, 3.63) is 34.9 Å². The summed E-state index contributed by atoms with van der Waals surface area (Å²) in [6, 6.07) is 8.08. The molecule has 1 aromatic carbocycles. The smallest absolute Gasteiger partial charge is 0.0409 e. The highest BCUT2D eigenvalue weighted by molar-refractivity contribution is 6.30. The van der Waals surface area contributed by atoms with Gasteiger partial charge in [-0.1, -0.05) is 94.9 Å². The van der Waals surface area contributed by atoms with Gasteiger partial charge in [-0.15, -0.1) is 0 Å². The number of hydrogen-bond acceptors (Lipinski definition) is 1. The molecule has 1 unspecified atom stereocenters. The van der Waals surface area contributed by atoms with Crippen LogP contribution in [0.3, 0.4) is 0 Å². The van der Waals surface area contributed by atoms with Crippen LogP contribution in [0.25, 0.3) is 0 Å². The topological polar surface area (TPSA) is 26.0 Å². The second kappa shape index (κ2) is 12.1. The van der Waals surface area contributed by atoms with E-state index in [9.17, 15) is 0 Å². The minimum absolute atomic E-state index is 0.137. The Bertz CT molecular complexity index is 364. The highest BCUT2D eigenvalue weighted by Gasteiger charge is 2.05. The third-order valence-corrected chi connectivity index (χ3v) is 4.38. The van der Waals surface area contributed by atoms with Crippen molar-refractivity contribution in [2.75, 3.05) is 0 Å². The minimum Gasteiger partial charge on any atom is -0.324 e. The van der Waals surface area contributed by atoms with Crippen LogP contribution in [0.5, 0.6) is 0 Å². The van der Waals surface area contributed by atoms with Gasteiger partial charge in [0.05, 0.1) is 0 Å². The number of halogens is 1. The van der Waals surface area contributed by atoms with Crippen LogP contribution in [-0.4, -0.2) is 0 Å². The fourth-order valence-electron chi connectivity index (χ4n) is 2.76. The van der Waals surface area contributed by atoms with Crippen molar-refractivity contribution in [2.24, 2.45) is 5.73 Å². The van der Waals surface area contributed by atoms with Crippen LogP contribution in [0, 0.1) is 0 Å². The summed E-state index contributed by atoms with van der Waals surface area (Å²) in [7, 11) is 0. The molecule has 0 spiro atoms. The van der Waals surface area contributed by atoms with Gasteiger partial charge in [-0.2, -0.15) is 0 Å². The molecule has 0 radical (unpaired) electrons. The second-order valence-electron chi connectivity index (χ2n) is 6.13. The third-order valence-electron chi connectivity index (χ3n) is 4.15. The van der Waals surface area contributed by atoms with E-state index in [4.69, 9.17) is 17.3 Å². The Hall–Kier alpha value is -0.530. The zero-order chi connectivity index (χ0) is 15.3. The van der Waals surface area contributed by atoms with Crippen molar-refractivity contribution in [3.63, 3.8) is 0 Å². The fraction of sp³-hybridized carbons (Fsp3) is 0.684. The summed E-state index contributed by atoms with van der Waals surface area (Å²) in [5, 5.41) is 0.783. The van der Waals surface area contributed by atoms with Gasteiger partial charge in [0.2, 0.25) is 0 Å². The SMILES string of the molecule is CCCCCCCCCCCCC(N)c1cccc(Cl)c1. The number of unbranched alkanes of at least 4 members (excludes halogenated alkanes) is 9. The summed E-state index contributed by atoms with van der Waals surface area (Å²) in [5.41, 5.74) is 7.38. The van der Waals surface area contributed by atoms with Crippen LogP contribution in [0.15, 0.2) is 24.3 Å². The van der Waals surface area contributed by atoms with E-state index in [1.165, 1.54) is 69.8 Å². The van der Waals surface area contributed by atoms with Crippen molar-refractivity contribution in [1.29, 1.82) is 0 Å². The van der Waals surface area contributed by atoms with E-state index in [1.54, 1.807) is 0 Å². The maximum atomic E-state index is 6.21. The Kier molecular flexibility index (Phi) is 10.6. The standard InChI is InChI=1S/C19H32ClN/c1-2-3-4-5-6-7-8-9-10-11-15-19(21)17-13-12-14-18(20)16-17/h12-14,16,19H,2-11,15,21H2,1H3. The molecule has 1 atom stereocenters. The van der Waals surface area contributed by atoms with E-state index in [0.717, 1.165) is 11.4 Å². The molecule has 0 saturated carbocycles. The lowest BCUT2D eigenvalue weighted by molar-refractivity contribution is 0.529. The van der Waals surface area contributed by atoms with Crippen LogP contribution in [0.4, 0.5) is 0 Å². The average Bonchev–Trinajstić information content (AvgIpc) is 2.49. The summed E-state index contributed by atoms with van der Waals surface area (Å²) in [6.45, 7) is 2.27. The van der Waals surface area contributed by atoms with Gasteiger partial charge < -0.3 is 5.73 Å². The predicted octanol–water partition coefficient (Wildman–Crippen LogP) is 6.65. The summed E-state index contributed by atoms with van der Waals surface area (Å²) in [5.74, 6) is 0. The predicted molar refractivity (Wildman–Crippen MR) is 94.8 cm³/mol. The number of hydrogen-bond donors (Lipinski definition) is 1.